The lowest BCUT2D eigenvalue weighted by Crippen LogP contribution is -2.35. The number of nitrogens with two attached hydrogens (primary N) is 1. The maximum atomic E-state index is 11.4. The third-order valence-corrected chi connectivity index (χ3v) is 3.10. The third-order valence-electron chi connectivity index (χ3n) is 3.10. The molecule has 0 spiro atoms. The normalized spacial score (nSPS) is 14.5. The summed E-state index contributed by atoms with van der Waals surface area (Å²) in [5, 5.41) is 9.38. The molecule has 0 amide bonds. The minimum absolute atomic E-state index is 0.371. The summed E-state index contributed by atoms with van der Waals surface area (Å²) in [6.07, 6.45) is 0.451. The van der Waals surface area contributed by atoms with Gasteiger partial charge in [-0.1, -0.05) is 23.8 Å². The molecule has 0 aliphatic heterocycles. The molecule has 1 atom stereocenters. The fourth-order valence-electron chi connectivity index (χ4n) is 1.98. The van der Waals surface area contributed by atoms with Crippen molar-refractivity contribution in [1.29, 1.82) is 0 Å². The number of carbonyl (C=O) groups is 1. The van der Waals surface area contributed by atoms with Gasteiger partial charge in [-0.2, -0.15) is 0 Å². The Balaban J connectivity index is 3.31. The van der Waals surface area contributed by atoms with Gasteiger partial charge >= 0.3 is 5.97 Å². The average molecular weight is 221 g/mol. The van der Waals surface area contributed by atoms with E-state index in [1.54, 1.807) is 6.92 Å². The molecule has 1 rings (SSSR count). The molecule has 1 aromatic rings. The second-order valence-corrected chi connectivity index (χ2v) is 4.49. The molecule has 3 N–H and O–H groups in total. The fourth-order valence-corrected chi connectivity index (χ4v) is 1.98. The highest BCUT2D eigenvalue weighted by molar-refractivity contribution is 5.81. The molecule has 0 radical (unpaired) electrons. The minimum Gasteiger partial charge on any atom is -0.481 e. The summed E-state index contributed by atoms with van der Waals surface area (Å²) in [6.45, 7) is 6.01. The minimum atomic E-state index is -0.884. The van der Waals surface area contributed by atoms with Crippen molar-refractivity contribution < 1.29 is 9.90 Å². The van der Waals surface area contributed by atoms with E-state index < -0.39 is 11.4 Å². The lowest BCUT2D eigenvalue weighted by molar-refractivity contribution is -0.143. The quantitative estimate of drug-likeness (QED) is 0.817. The van der Waals surface area contributed by atoms with Crippen molar-refractivity contribution in [2.75, 3.05) is 6.54 Å². The highest BCUT2D eigenvalue weighted by atomic mass is 16.4. The summed E-state index contributed by atoms with van der Waals surface area (Å²) in [6, 6.07) is 5.89. The molecule has 3 nitrogen and oxygen atoms in total. The highest BCUT2D eigenvalue weighted by Crippen LogP contribution is 2.30. The molecule has 1 unspecified atom stereocenters. The molecule has 0 bridgehead atoms. The van der Waals surface area contributed by atoms with Gasteiger partial charge in [-0.05, 0) is 44.9 Å². The third kappa shape index (κ3) is 2.25. The molecule has 88 valence electrons. The van der Waals surface area contributed by atoms with Gasteiger partial charge in [-0.3, -0.25) is 4.79 Å². The maximum Gasteiger partial charge on any atom is 0.313 e. The molecular formula is C13H19NO2. The lowest BCUT2D eigenvalue weighted by atomic mass is 9.77. The van der Waals surface area contributed by atoms with Crippen molar-refractivity contribution in [2.45, 2.75) is 32.6 Å². The van der Waals surface area contributed by atoms with Crippen molar-refractivity contribution in [2.24, 2.45) is 5.73 Å². The molecule has 1 aromatic carbocycles. The molecule has 0 heterocycles. The number of aryl methyl sites for hydroxylation is 2. The first-order valence-electron chi connectivity index (χ1n) is 5.43. The van der Waals surface area contributed by atoms with Crippen molar-refractivity contribution >= 4 is 5.97 Å². The second kappa shape index (κ2) is 4.66. The first-order chi connectivity index (χ1) is 7.41. The largest absolute Gasteiger partial charge is 0.481 e. The zero-order chi connectivity index (χ0) is 12.3. The molecule has 0 aliphatic carbocycles. The number of benzene rings is 1. The molecule has 0 saturated heterocycles. The standard InChI is InChI=1S/C13H19NO2/c1-9-4-5-10(2)11(8-9)13(3,6-7-14)12(15)16/h4-5,8H,6-7,14H2,1-3H3,(H,15,16). The first kappa shape index (κ1) is 12.7. The van der Waals surface area contributed by atoms with E-state index >= 15 is 0 Å². The molecule has 3 heteroatoms. The molecule has 16 heavy (non-hydrogen) atoms. The lowest BCUT2D eigenvalue weighted by Gasteiger charge is -2.27. The van der Waals surface area contributed by atoms with Gasteiger partial charge in [0.2, 0.25) is 0 Å². The summed E-state index contributed by atoms with van der Waals surface area (Å²) >= 11 is 0. The van der Waals surface area contributed by atoms with Gasteiger partial charge in [0.15, 0.2) is 0 Å². The Labute approximate surface area is 96.3 Å². The van der Waals surface area contributed by atoms with Gasteiger partial charge in [0.25, 0.3) is 0 Å². The topological polar surface area (TPSA) is 63.3 Å². The zero-order valence-corrected chi connectivity index (χ0v) is 10.1. The van der Waals surface area contributed by atoms with Crippen molar-refractivity contribution in [3.63, 3.8) is 0 Å². The van der Waals surface area contributed by atoms with Gasteiger partial charge in [0.05, 0.1) is 5.41 Å². The van der Waals surface area contributed by atoms with E-state index in [1.807, 2.05) is 32.0 Å². The number of carboxylic acid groups (broad SMARTS) is 1. The Morgan fingerprint density at radius 2 is 2.06 bits per heavy atom. The molecule has 0 aromatic heterocycles. The molecule has 0 aliphatic rings. The summed E-state index contributed by atoms with van der Waals surface area (Å²) in [5.74, 6) is -0.813. The van der Waals surface area contributed by atoms with Crippen LogP contribution in [0.4, 0.5) is 0 Å². The Bertz CT molecular complexity index is 401. The Kier molecular flexibility index (Phi) is 3.70. The van der Waals surface area contributed by atoms with Crippen molar-refractivity contribution in [3.05, 3.63) is 34.9 Å². The van der Waals surface area contributed by atoms with E-state index in [0.717, 1.165) is 16.7 Å². The number of carboxylic acids is 1. The van der Waals surface area contributed by atoms with E-state index in [0.29, 0.717) is 13.0 Å². The fraction of sp³-hybridized carbons (Fsp3) is 0.462. The molecular weight excluding hydrogens is 202 g/mol. The monoisotopic (exact) mass is 221 g/mol. The van der Waals surface area contributed by atoms with Crippen LogP contribution in [0.2, 0.25) is 0 Å². The maximum absolute atomic E-state index is 11.4. The van der Waals surface area contributed by atoms with Crippen LogP contribution in [0.25, 0.3) is 0 Å². The van der Waals surface area contributed by atoms with Crippen LogP contribution in [-0.2, 0) is 10.2 Å². The Morgan fingerprint density at radius 1 is 1.44 bits per heavy atom. The van der Waals surface area contributed by atoms with Crippen LogP contribution < -0.4 is 5.73 Å². The van der Waals surface area contributed by atoms with Crippen LogP contribution >= 0.6 is 0 Å². The molecule has 0 saturated carbocycles. The number of hydrogen-bond donors (Lipinski definition) is 2. The van der Waals surface area contributed by atoms with Gasteiger partial charge in [0.1, 0.15) is 0 Å². The van der Waals surface area contributed by atoms with E-state index in [-0.39, 0.29) is 0 Å². The highest BCUT2D eigenvalue weighted by Gasteiger charge is 2.35. The van der Waals surface area contributed by atoms with Crippen molar-refractivity contribution in [1.82, 2.24) is 0 Å². The average Bonchev–Trinajstić information content (AvgIpc) is 2.21. The zero-order valence-electron chi connectivity index (χ0n) is 10.1. The van der Waals surface area contributed by atoms with E-state index in [1.165, 1.54) is 0 Å². The summed E-state index contributed by atoms with van der Waals surface area (Å²) in [4.78, 5) is 11.4. The number of rotatable bonds is 4. The van der Waals surface area contributed by atoms with Crippen LogP contribution in [0.1, 0.15) is 30.0 Å². The van der Waals surface area contributed by atoms with Gasteiger partial charge in [0, 0.05) is 0 Å². The van der Waals surface area contributed by atoms with E-state index in [9.17, 15) is 9.90 Å². The van der Waals surface area contributed by atoms with E-state index in [4.69, 9.17) is 5.73 Å². The van der Waals surface area contributed by atoms with Gasteiger partial charge in [-0.25, -0.2) is 0 Å². The van der Waals surface area contributed by atoms with Crippen molar-refractivity contribution in [3.8, 4) is 0 Å². The second-order valence-electron chi connectivity index (χ2n) is 4.49. The number of aliphatic carboxylic acids is 1. The van der Waals surface area contributed by atoms with E-state index in [2.05, 4.69) is 0 Å². The Morgan fingerprint density at radius 3 is 2.56 bits per heavy atom. The van der Waals surface area contributed by atoms with Gasteiger partial charge in [-0.15, -0.1) is 0 Å². The smallest absolute Gasteiger partial charge is 0.313 e. The summed E-state index contributed by atoms with van der Waals surface area (Å²) in [7, 11) is 0. The predicted octanol–water partition coefficient (Wildman–Crippen LogP) is 1.99. The molecule has 0 fully saturated rings. The van der Waals surface area contributed by atoms with Crippen LogP contribution in [0.15, 0.2) is 18.2 Å². The first-order valence-corrected chi connectivity index (χ1v) is 5.43. The van der Waals surface area contributed by atoms with Crippen LogP contribution in [0.5, 0.6) is 0 Å². The van der Waals surface area contributed by atoms with Crippen LogP contribution in [-0.4, -0.2) is 17.6 Å². The number of hydrogen-bond acceptors (Lipinski definition) is 2. The summed E-state index contributed by atoms with van der Waals surface area (Å²) < 4.78 is 0. The van der Waals surface area contributed by atoms with Crippen LogP contribution in [0.3, 0.4) is 0 Å². The van der Waals surface area contributed by atoms with Gasteiger partial charge < -0.3 is 10.8 Å². The predicted molar refractivity (Wildman–Crippen MR) is 64.6 cm³/mol. The Hall–Kier alpha value is -1.35. The summed E-state index contributed by atoms with van der Waals surface area (Å²) in [5.41, 5.74) is 7.57. The van der Waals surface area contributed by atoms with Crippen LogP contribution in [0, 0.1) is 13.8 Å². The SMILES string of the molecule is Cc1ccc(C)c(C(C)(CCN)C(=O)O)c1.